The number of rotatable bonds is 3. The summed E-state index contributed by atoms with van der Waals surface area (Å²) in [7, 11) is 0. The van der Waals surface area contributed by atoms with E-state index in [0.29, 0.717) is 6.54 Å². The molecule has 2 rings (SSSR count). The van der Waals surface area contributed by atoms with Crippen LogP contribution in [0.1, 0.15) is 12.6 Å². The summed E-state index contributed by atoms with van der Waals surface area (Å²) in [5, 5.41) is 4.53. The van der Waals surface area contributed by atoms with Crippen molar-refractivity contribution in [2.45, 2.75) is 19.9 Å². The van der Waals surface area contributed by atoms with Gasteiger partial charge in [-0.3, -0.25) is 4.98 Å². The van der Waals surface area contributed by atoms with E-state index in [1.165, 1.54) is 0 Å². The van der Waals surface area contributed by atoms with Gasteiger partial charge in [0.05, 0.1) is 11.2 Å². The molecule has 0 aliphatic heterocycles. The smallest absolute Gasteiger partial charge is 0.0936 e. The molecular weight excluding hydrogens is 198 g/mol. The molecule has 1 heterocycles. The molecule has 0 saturated heterocycles. The topological polar surface area (TPSA) is 50.9 Å². The zero-order valence-electron chi connectivity index (χ0n) is 9.70. The Morgan fingerprint density at radius 2 is 2.12 bits per heavy atom. The van der Waals surface area contributed by atoms with Gasteiger partial charge < -0.3 is 11.1 Å². The first-order valence-electron chi connectivity index (χ1n) is 5.53. The highest BCUT2D eigenvalue weighted by atomic mass is 14.9. The second kappa shape index (κ2) is 4.49. The third-order valence-electron chi connectivity index (χ3n) is 2.61. The van der Waals surface area contributed by atoms with E-state index < -0.39 is 0 Å². The van der Waals surface area contributed by atoms with Gasteiger partial charge in [0, 0.05) is 23.7 Å². The highest BCUT2D eigenvalue weighted by Gasteiger charge is 2.04. The number of aromatic nitrogens is 1. The minimum Gasteiger partial charge on any atom is -0.380 e. The molecule has 1 unspecified atom stereocenters. The van der Waals surface area contributed by atoms with E-state index in [2.05, 4.69) is 29.4 Å². The van der Waals surface area contributed by atoms with E-state index in [1.54, 1.807) is 0 Å². The molecule has 1 atom stereocenters. The Morgan fingerprint density at radius 3 is 2.88 bits per heavy atom. The Labute approximate surface area is 95.7 Å². The summed E-state index contributed by atoms with van der Waals surface area (Å²) in [4.78, 5) is 4.56. The van der Waals surface area contributed by atoms with Crippen LogP contribution in [-0.4, -0.2) is 17.6 Å². The SMILES string of the molecule is Cc1ccc2cccc(NC(C)CN)c2n1. The molecule has 0 radical (unpaired) electrons. The van der Waals surface area contributed by atoms with Crippen molar-refractivity contribution in [1.29, 1.82) is 0 Å². The van der Waals surface area contributed by atoms with Crippen LogP contribution in [0.25, 0.3) is 10.9 Å². The molecule has 0 amide bonds. The van der Waals surface area contributed by atoms with Crippen LogP contribution in [0.5, 0.6) is 0 Å². The molecule has 0 fully saturated rings. The van der Waals surface area contributed by atoms with Crippen molar-refractivity contribution in [3.8, 4) is 0 Å². The zero-order chi connectivity index (χ0) is 11.5. The lowest BCUT2D eigenvalue weighted by atomic mass is 10.1. The highest BCUT2D eigenvalue weighted by molar-refractivity contribution is 5.90. The van der Waals surface area contributed by atoms with Crippen molar-refractivity contribution < 1.29 is 0 Å². The molecule has 2 aromatic rings. The summed E-state index contributed by atoms with van der Waals surface area (Å²) in [5.41, 5.74) is 8.71. The largest absolute Gasteiger partial charge is 0.380 e. The van der Waals surface area contributed by atoms with Crippen LogP contribution >= 0.6 is 0 Å². The van der Waals surface area contributed by atoms with Gasteiger partial charge in [0.1, 0.15) is 0 Å². The third-order valence-corrected chi connectivity index (χ3v) is 2.61. The van der Waals surface area contributed by atoms with Gasteiger partial charge in [-0.2, -0.15) is 0 Å². The fraction of sp³-hybridized carbons (Fsp3) is 0.308. The van der Waals surface area contributed by atoms with Gasteiger partial charge in [-0.25, -0.2) is 0 Å². The molecule has 16 heavy (non-hydrogen) atoms. The summed E-state index contributed by atoms with van der Waals surface area (Å²) in [6, 6.07) is 10.5. The minimum absolute atomic E-state index is 0.257. The number of anilines is 1. The number of para-hydroxylation sites is 1. The standard InChI is InChI=1S/C13H17N3/c1-9-6-7-11-4-3-5-12(13(11)16-9)15-10(2)8-14/h3-7,10,15H,8,14H2,1-2H3. The molecule has 1 aromatic carbocycles. The van der Waals surface area contributed by atoms with Crippen molar-refractivity contribution >= 4 is 16.6 Å². The van der Waals surface area contributed by atoms with Gasteiger partial charge in [-0.05, 0) is 26.0 Å². The number of nitrogens with zero attached hydrogens (tertiary/aromatic N) is 1. The van der Waals surface area contributed by atoms with E-state index in [-0.39, 0.29) is 6.04 Å². The minimum atomic E-state index is 0.257. The van der Waals surface area contributed by atoms with Crippen LogP contribution < -0.4 is 11.1 Å². The molecule has 0 saturated carbocycles. The monoisotopic (exact) mass is 215 g/mol. The van der Waals surface area contributed by atoms with Crippen molar-refractivity contribution in [1.82, 2.24) is 4.98 Å². The zero-order valence-corrected chi connectivity index (χ0v) is 9.70. The van der Waals surface area contributed by atoms with Crippen LogP contribution in [0, 0.1) is 6.92 Å². The van der Waals surface area contributed by atoms with Gasteiger partial charge in [0.25, 0.3) is 0 Å². The number of pyridine rings is 1. The van der Waals surface area contributed by atoms with Crippen molar-refractivity contribution in [2.75, 3.05) is 11.9 Å². The summed E-state index contributed by atoms with van der Waals surface area (Å²) in [6.45, 7) is 4.68. The number of benzene rings is 1. The number of hydrogen-bond acceptors (Lipinski definition) is 3. The summed E-state index contributed by atoms with van der Waals surface area (Å²) in [5.74, 6) is 0. The van der Waals surface area contributed by atoms with Crippen LogP contribution in [0.3, 0.4) is 0 Å². The quantitative estimate of drug-likeness (QED) is 0.826. The van der Waals surface area contributed by atoms with E-state index in [9.17, 15) is 0 Å². The Balaban J connectivity index is 2.47. The fourth-order valence-electron chi connectivity index (χ4n) is 1.69. The predicted octanol–water partition coefficient (Wildman–Crippen LogP) is 2.30. The van der Waals surface area contributed by atoms with E-state index >= 15 is 0 Å². The van der Waals surface area contributed by atoms with Gasteiger partial charge in [-0.1, -0.05) is 18.2 Å². The normalized spacial score (nSPS) is 12.7. The molecule has 3 heteroatoms. The second-order valence-electron chi connectivity index (χ2n) is 4.11. The van der Waals surface area contributed by atoms with Crippen LogP contribution in [-0.2, 0) is 0 Å². The van der Waals surface area contributed by atoms with Crippen molar-refractivity contribution in [3.63, 3.8) is 0 Å². The second-order valence-corrected chi connectivity index (χ2v) is 4.11. The molecule has 1 aromatic heterocycles. The molecule has 84 valence electrons. The fourth-order valence-corrected chi connectivity index (χ4v) is 1.69. The predicted molar refractivity (Wildman–Crippen MR) is 68.6 cm³/mol. The lowest BCUT2D eigenvalue weighted by Gasteiger charge is -2.14. The first-order valence-corrected chi connectivity index (χ1v) is 5.53. The summed E-state index contributed by atoms with van der Waals surface area (Å²) in [6.07, 6.45) is 0. The summed E-state index contributed by atoms with van der Waals surface area (Å²) < 4.78 is 0. The molecule has 0 bridgehead atoms. The molecule has 3 N–H and O–H groups in total. The van der Waals surface area contributed by atoms with E-state index in [1.807, 2.05) is 25.1 Å². The van der Waals surface area contributed by atoms with E-state index in [4.69, 9.17) is 5.73 Å². The number of nitrogens with two attached hydrogens (primary N) is 1. The summed E-state index contributed by atoms with van der Waals surface area (Å²) >= 11 is 0. The van der Waals surface area contributed by atoms with Crippen LogP contribution in [0.15, 0.2) is 30.3 Å². The number of aryl methyl sites for hydroxylation is 1. The van der Waals surface area contributed by atoms with Gasteiger partial charge in [0.2, 0.25) is 0 Å². The Kier molecular flexibility index (Phi) is 3.06. The first kappa shape index (κ1) is 10.9. The molecule has 3 nitrogen and oxygen atoms in total. The lowest BCUT2D eigenvalue weighted by Crippen LogP contribution is -2.25. The van der Waals surface area contributed by atoms with Crippen LogP contribution in [0.2, 0.25) is 0 Å². The molecule has 0 spiro atoms. The van der Waals surface area contributed by atoms with Crippen molar-refractivity contribution in [3.05, 3.63) is 36.0 Å². The Morgan fingerprint density at radius 1 is 1.31 bits per heavy atom. The molecular formula is C13H17N3. The third kappa shape index (κ3) is 2.14. The highest BCUT2D eigenvalue weighted by Crippen LogP contribution is 2.22. The maximum Gasteiger partial charge on any atom is 0.0936 e. The molecule has 0 aliphatic rings. The first-order chi connectivity index (χ1) is 7.70. The lowest BCUT2D eigenvalue weighted by molar-refractivity contribution is 0.805. The maximum atomic E-state index is 5.61. The average Bonchev–Trinajstić information content (AvgIpc) is 2.29. The number of hydrogen-bond donors (Lipinski definition) is 2. The van der Waals surface area contributed by atoms with Crippen molar-refractivity contribution in [2.24, 2.45) is 5.73 Å². The Bertz CT molecular complexity index is 494. The average molecular weight is 215 g/mol. The van der Waals surface area contributed by atoms with E-state index in [0.717, 1.165) is 22.3 Å². The van der Waals surface area contributed by atoms with Gasteiger partial charge in [-0.15, -0.1) is 0 Å². The van der Waals surface area contributed by atoms with Gasteiger partial charge >= 0.3 is 0 Å². The number of fused-ring (bicyclic) bond motifs is 1. The molecule has 0 aliphatic carbocycles. The number of nitrogens with one attached hydrogen (secondary N) is 1. The van der Waals surface area contributed by atoms with Crippen LogP contribution in [0.4, 0.5) is 5.69 Å². The Hall–Kier alpha value is -1.61. The van der Waals surface area contributed by atoms with Gasteiger partial charge in [0.15, 0.2) is 0 Å². The maximum absolute atomic E-state index is 5.61.